The lowest BCUT2D eigenvalue weighted by molar-refractivity contribution is 0.804. The zero-order valence-corrected chi connectivity index (χ0v) is 54.5. The highest BCUT2D eigenvalue weighted by molar-refractivity contribution is 6.09. The number of hydrogen-bond acceptors (Lipinski definition) is 22. The highest BCUT2D eigenvalue weighted by Crippen LogP contribution is 2.43. The van der Waals surface area contributed by atoms with Crippen LogP contribution < -0.4 is 39.2 Å². The predicted molar refractivity (Wildman–Crippen MR) is 362 cm³/mol. The highest BCUT2D eigenvalue weighted by atomic mass is 15.3. The fourth-order valence-corrected chi connectivity index (χ4v) is 12.4. The number of aromatic nitrogens is 16. The van der Waals surface area contributed by atoms with E-state index in [4.69, 9.17) is 69.8 Å². The van der Waals surface area contributed by atoms with Crippen LogP contribution in [0.15, 0.2) is 24.3 Å². The van der Waals surface area contributed by atoms with Gasteiger partial charge in [0.1, 0.15) is 33.7 Å². The van der Waals surface area contributed by atoms with E-state index in [9.17, 15) is 0 Å². The van der Waals surface area contributed by atoms with Crippen LogP contribution >= 0.6 is 0 Å². The highest BCUT2D eigenvalue weighted by Gasteiger charge is 2.31. The van der Waals surface area contributed by atoms with Gasteiger partial charge in [-0.2, -0.15) is 0 Å². The summed E-state index contributed by atoms with van der Waals surface area (Å²) in [6.45, 7) is 46.4. The molecule has 8 bridgehead atoms. The summed E-state index contributed by atoms with van der Waals surface area (Å²) < 4.78 is 0. The van der Waals surface area contributed by atoms with E-state index in [1.807, 2.05) is 0 Å². The molecular weight excluding hydrogens is 1100 g/mol. The molecule has 24 heteroatoms. The average molecular weight is 1190 g/mol. The van der Waals surface area contributed by atoms with Gasteiger partial charge < -0.3 is 49.2 Å². The normalized spacial score (nSPS) is 11.9. The summed E-state index contributed by atoms with van der Waals surface area (Å²) in [4.78, 5) is 101. The Morgan fingerprint density at radius 1 is 0.261 bits per heavy atom. The number of nitrogens with zero attached hydrogens (tertiary/aromatic N) is 22. The molecule has 88 heavy (non-hydrogen) atoms. The molecule has 0 saturated heterocycles. The van der Waals surface area contributed by atoms with Crippen molar-refractivity contribution in [3.05, 3.63) is 24.3 Å². The largest absolute Gasteiger partial charge is 0.370 e. The van der Waals surface area contributed by atoms with Gasteiger partial charge in [-0.3, -0.25) is 0 Å². The third kappa shape index (κ3) is 10.4. The van der Waals surface area contributed by atoms with Gasteiger partial charge in [0.05, 0.1) is 22.4 Å². The number of anilines is 8. The second-order valence-corrected chi connectivity index (χ2v) is 21.6. The average Bonchev–Trinajstić information content (AvgIpc) is 1.63. The van der Waals surface area contributed by atoms with Gasteiger partial charge in [0, 0.05) is 127 Å². The number of benzene rings is 2. The van der Waals surface area contributed by atoms with Crippen LogP contribution in [0.2, 0.25) is 0 Å². The van der Waals surface area contributed by atoms with E-state index in [2.05, 4.69) is 184 Å². The second-order valence-electron chi connectivity index (χ2n) is 21.6. The molecule has 2 N–H and O–H groups in total. The Labute approximate surface area is 515 Å². The van der Waals surface area contributed by atoms with E-state index in [1.54, 1.807) is 0 Å². The third-order valence-corrected chi connectivity index (χ3v) is 17.4. The molecule has 9 aromatic rings. The van der Waals surface area contributed by atoms with Crippen molar-refractivity contribution in [3.8, 4) is 45.8 Å². The summed E-state index contributed by atoms with van der Waals surface area (Å²) in [5.41, 5.74) is 9.47. The molecule has 0 atom stereocenters. The van der Waals surface area contributed by atoms with E-state index in [0.717, 1.165) is 147 Å². The Bertz CT molecular complexity index is 3690. The van der Waals surface area contributed by atoms with Crippen molar-refractivity contribution in [1.82, 2.24) is 79.7 Å². The zero-order valence-electron chi connectivity index (χ0n) is 54.5. The minimum atomic E-state index is 0.258. The van der Waals surface area contributed by atoms with Crippen LogP contribution in [0.5, 0.6) is 0 Å². The monoisotopic (exact) mass is 1190 g/mol. The SMILES string of the molecule is CCN(CC)c1cc2c3nc4nc(nc5[nH]c(nc6nc(nc([nH]3)c2cc1N(CC)CC)-c1nc2nc(N(CC)CC)c(N(CC)CC)nc2nc1-6)c1nc(N(CC)CC)c(N(CC)CC)nc51)-c1cc2nc(N(CC)CC)c(N(CC)CC)nc2cc1-4. The summed E-state index contributed by atoms with van der Waals surface area (Å²) in [7, 11) is 0. The van der Waals surface area contributed by atoms with Crippen LogP contribution in [0.3, 0.4) is 0 Å². The minimum Gasteiger partial charge on any atom is -0.370 e. The van der Waals surface area contributed by atoms with E-state index < -0.39 is 0 Å². The Hall–Kier alpha value is -8.96. The van der Waals surface area contributed by atoms with Gasteiger partial charge in [0.25, 0.3) is 0 Å². The van der Waals surface area contributed by atoms with Gasteiger partial charge in [-0.15, -0.1) is 0 Å². The maximum atomic E-state index is 5.59. The first-order valence-corrected chi connectivity index (χ1v) is 32.2. The van der Waals surface area contributed by atoms with Crippen molar-refractivity contribution in [2.24, 2.45) is 0 Å². The maximum Gasteiger partial charge on any atom is 0.200 e. The van der Waals surface area contributed by atoms with Crippen LogP contribution in [0.4, 0.5) is 46.3 Å². The fraction of sp³-hybridized carbons (Fsp3) is 0.500. The number of H-pyrrole nitrogens is 2. The van der Waals surface area contributed by atoms with Crippen molar-refractivity contribution in [3.63, 3.8) is 0 Å². The standard InChI is InChI=1S/C64H86N24/c1-17-81(18-2)43-35-39-40(36-44(43)82(19-3)20-4)52-73-51(39)72-49-37-33-41-42(66-60(84(23-7)24-8)59(65-41)83(21-5)22-6)34-38(37)50(71-49)74-55-47-48(70-62(86(27-11)28-12)61(69-47)85(25-9)26-10)56(78-55)77-54-46-45(53(75-52)76-54)67-57-58(68-46)80-64(88(31-15)32-16)63(79-57)87(29-13)30-14/h33-36H,17-32H2,1-16H3,(H2,71,72,73,74,75,76,77,78). The topological polar surface area (TPSA) is 238 Å². The summed E-state index contributed by atoms with van der Waals surface area (Å²) >= 11 is 0. The van der Waals surface area contributed by atoms with Crippen LogP contribution in [0.1, 0.15) is 111 Å². The van der Waals surface area contributed by atoms with Crippen molar-refractivity contribution < 1.29 is 0 Å². The number of rotatable bonds is 24. The Balaban J connectivity index is 1.34. The number of aromatic amines is 2. The van der Waals surface area contributed by atoms with Crippen molar-refractivity contribution in [2.75, 3.05) is 144 Å². The molecule has 0 aliphatic carbocycles. The summed E-state index contributed by atoms with van der Waals surface area (Å²) in [5, 5.41) is 1.69. The second kappa shape index (κ2) is 25.4. The molecule has 7 aromatic heterocycles. The molecular formula is C64H86N24. The Morgan fingerprint density at radius 2 is 0.534 bits per heavy atom. The van der Waals surface area contributed by atoms with E-state index >= 15 is 0 Å². The molecule has 462 valence electrons. The van der Waals surface area contributed by atoms with E-state index in [-0.39, 0.29) is 11.6 Å². The molecule has 9 heterocycles. The Kier molecular flexibility index (Phi) is 17.5. The van der Waals surface area contributed by atoms with Gasteiger partial charge in [-0.1, -0.05) is 0 Å². The molecule has 0 unspecified atom stereocenters. The Morgan fingerprint density at radius 3 is 0.875 bits per heavy atom. The molecule has 0 radical (unpaired) electrons. The molecule has 0 amide bonds. The summed E-state index contributed by atoms with van der Waals surface area (Å²) in [6.07, 6.45) is 0. The quantitative estimate of drug-likeness (QED) is 0.0572. The van der Waals surface area contributed by atoms with Crippen LogP contribution in [-0.4, -0.2) is 184 Å². The lowest BCUT2D eigenvalue weighted by Gasteiger charge is -2.30. The van der Waals surface area contributed by atoms with Crippen LogP contribution in [-0.2, 0) is 0 Å². The zero-order chi connectivity index (χ0) is 62.2. The molecule has 0 saturated carbocycles. The van der Waals surface area contributed by atoms with Gasteiger partial charge >= 0.3 is 0 Å². The molecule has 0 spiro atoms. The molecule has 24 nitrogen and oxygen atoms in total. The maximum absolute atomic E-state index is 5.59. The van der Waals surface area contributed by atoms with Crippen LogP contribution in [0.25, 0.3) is 113 Å². The number of fused-ring (bicyclic) bond motifs is 22. The van der Waals surface area contributed by atoms with E-state index in [1.165, 1.54) is 0 Å². The van der Waals surface area contributed by atoms with Crippen molar-refractivity contribution in [1.29, 1.82) is 0 Å². The molecule has 2 aliphatic rings. The molecule has 11 rings (SSSR count). The summed E-state index contributed by atoms with van der Waals surface area (Å²) in [6, 6.07) is 8.61. The van der Waals surface area contributed by atoms with Gasteiger partial charge in [-0.05, 0) is 135 Å². The third-order valence-electron chi connectivity index (χ3n) is 17.4. The number of hydrogen-bond donors (Lipinski definition) is 2. The fourth-order valence-electron chi connectivity index (χ4n) is 12.4. The lowest BCUT2D eigenvalue weighted by Crippen LogP contribution is -2.30. The molecule has 2 aliphatic heterocycles. The first kappa shape index (κ1) is 60.7. The van der Waals surface area contributed by atoms with Crippen molar-refractivity contribution in [2.45, 2.75) is 111 Å². The number of nitrogens with one attached hydrogen (secondary N) is 2. The van der Waals surface area contributed by atoms with Crippen molar-refractivity contribution >= 4 is 113 Å². The molecule has 0 fully saturated rings. The van der Waals surface area contributed by atoms with Gasteiger partial charge in [0.2, 0.25) is 11.3 Å². The summed E-state index contributed by atoms with van der Waals surface area (Å²) in [5.74, 6) is 6.01. The smallest absolute Gasteiger partial charge is 0.200 e. The van der Waals surface area contributed by atoms with Gasteiger partial charge in [-0.25, -0.2) is 69.8 Å². The minimum absolute atomic E-state index is 0.258. The first-order chi connectivity index (χ1) is 42.8. The van der Waals surface area contributed by atoms with Crippen LogP contribution in [0, 0.1) is 0 Å². The predicted octanol–water partition coefficient (Wildman–Crippen LogP) is 11.1. The first-order valence-electron chi connectivity index (χ1n) is 32.2. The lowest BCUT2D eigenvalue weighted by atomic mass is 10.1. The van der Waals surface area contributed by atoms with E-state index in [0.29, 0.717) is 105 Å². The van der Waals surface area contributed by atoms with Gasteiger partial charge in [0.15, 0.2) is 69.5 Å². The molecule has 2 aromatic carbocycles.